The van der Waals surface area contributed by atoms with E-state index >= 15 is 0 Å². The van der Waals surface area contributed by atoms with Crippen LogP contribution in [0.5, 0.6) is 0 Å². The molecule has 0 saturated heterocycles. The number of rotatable bonds is 3. The summed E-state index contributed by atoms with van der Waals surface area (Å²) in [6.07, 6.45) is 5.46. The minimum absolute atomic E-state index is 0.296. The molecule has 0 aliphatic heterocycles. The number of nitriles is 1. The Labute approximate surface area is 80.6 Å². The zero-order chi connectivity index (χ0) is 9.68. The fourth-order valence-corrected chi connectivity index (χ4v) is 1.71. The molecule has 0 aromatic rings. The molecule has 1 N–H and O–H groups in total. The second kappa shape index (κ2) is 5.04. The van der Waals surface area contributed by atoms with Gasteiger partial charge in [0.1, 0.15) is 0 Å². The van der Waals surface area contributed by atoms with Gasteiger partial charge in [0, 0.05) is 18.5 Å². The second-order valence-electron chi connectivity index (χ2n) is 4.03. The third-order valence-corrected chi connectivity index (χ3v) is 2.53. The summed E-state index contributed by atoms with van der Waals surface area (Å²) in [5.41, 5.74) is 1.35. The van der Waals surface area contributed by atoms with Crippen LogP contribution in [0.4, 0.5) is 0 Å². The average molecular weight is 178 g/mol. The number of hydrogen-bond donors (Lipinski definition) is 1. The van der Waals surface area contributed by atoms with Gasteiger partial charge in [-0.3, -0.25) is 0 Å². The Hall–Kier alpha value is -0.810. The average Bonchev–Trinajstić information content (AvgIpc) is 2.52. The van der Waals surface area contributed by atoms with E-state index in [4.69, 9.17) is 5.26 Å². The summed E-state index contributed by atoms with van der Waals surface area (Å²) in [6, 6.07) is 2.91. The van der Waals surface area contributed by atoms with Crippen LogP contribution in [0.25, 0.3) is 0 Å². The maximum absolute atomic E-state index is 8.71. The summed E-state index contributed by atoms with van der Waals surface area (Å²) in [5, 5.41) is 12.2. The van der Waals surface area contributed by atoms with E-state index in [1.807, 2.05) is 0 Å². The van der Waals surface area contributed by atoms with Gasteiger partial charge >= 0.3 is 0 Å². The van der Waals surface area contributed by atoms with Gasteiger partial charge in [-0.15, -0.1) is 0 Å². The predicted octanol–water partition coefficient (Wildman–Crippen LogP) is 2.23. The first kappa shape index (κ1) is 10.3. The highest BCUT2D eigenvalue weighted by Gasteiger charge is 2.23. The molecule has 0 aromatic heterocycles. The molecule has 72 valence electrons. The first-order valence-corrected chi connectivity index (χ1v) is 4.98. The molecule has 0 amide bonds. The Morgan fingerprint density at radius 2 is 2.31 bits per heavy atom. The largest absolute Gasteiger partial charge is 0.310 e. The Morgan fingerprint density at radius 3 is 2.85 bits per heavy atom. The summed E-state index contributed by atoms with van der Waals surface area (Å²) >= 11 is 0. The van der Waals surface area contributed by atoms with E-state index in [0.29, 0.717) is 12.0 Å². The molecule has 0 radical (unpaired) electrons. The van der Waals surface area contributed by atoms with Crippen molar-refractivity contribution in [2.45, 2.75) is 39.2 Å². The van der Waals surface area contributed by atoms with Crippen LogP contribution in [-0.2, 0) is 0 Å². The van der Waals surface area contributed by atoms with Gasteiger partial charge in [-0.05, 0) is 33.1 Å². The normalized spacial score (nSPS) is 26.8. The maximum Gasteiger partial charge on any atom is 0.0656 e. The van der Waals surface area contributed by atoms with Crippen molar-refractivity contribution in [2.75, 3.05) is 6.54 Å². The third-order valence-electron chi connectivity index (χ3n) is 2.53. The summed E-state index contributed by atoms with van der Waals surface area (Å²) in [7, 11) is 0. The minimum atomic E-state index is 0.296. The molecule has 0 heterocycles. The summed E-state index contributed by atoms with van der Waals surface area (Å²) in [5.74, 6) is 0.296. The molecular formula is C11H18N2. The molecule has 0 aromatic carbocycles. The number of allylic oxidation sites excluding steroid dienone is 1. The minimum Gasteiger partial charge on any atom is -0.310 e. The van der Waals surface area contributed by atoms with Gasteiger partial charge < -0.3 is 5.32 Å². The second-order valence-corrected chi connectivity index (χ2v) is 4.03. The van der Waals surface area contributed by atoms with Crippen molar-refractivity contribution in [1.29, 1.82) is 5.26 Å². The van der Waals surface area contributed by atoms with Gasteiger partial charge in [-0.1, -0.05) is 11.6 Å². The van der Waals surface area contributed by atoms with E-state index in [1.165, 1.54) is 5.57 Å². The lowest BCUT2D eigenvalue weighted by atomic mass is 10.1. The van der Waals surface area contributed by atoms with Crippen molar-refractivity contribution < 1.29 is 0 Å². The molecule has 1 saturated carbocycles. The van der Waals surface area contributed by atoms with Crippen molar-refractivity contribution in [1.82, 2.24) is 5.32 Å². The molecule has 0 bridgehead atoms. The lowest BCUT2D eigenvalue weighted by Crippen LogP contribution is -2.26. The molecule has 1 fully saturated rings. The molecule has 0 spiro atoms. The number of nitrogens with zero attached hydrogens (tertiary/aromatic N) is 1. The SMILES string of the molecule is CC(C)=CCNC1CCC(C#N)C1. The molecule has 1 rings (SSSR count). The molecule has 2 atom stereocenters. The van der Waals surface area contributed by atoms with Gasteiger partial charge in [0.25, 0.3) is 0 Å². The van der Waals surface area contributed by atoms with E-state index < -0.39 is 0 Å². The zero-order valence-corrected chi connectivity index (χ0v) is 8.51. The van der Waals surface area contributed by atoms with Crippen molar-refractivity contribution in [3.8, 4) is 6.07 Å². The first-order valence-electron chi connectivity index (χ1n) is 4.98. The van der Waals surface area contributed by atoms with Gasteiger partial charge in [0.15, 0.2) is 0 Å². The van der Waals surface area contributed by atoms with Crippen molar-refractivity contribution in [3.63, 3.8) is 0 Å². The Balaban J connectivity index is 2.18. The summed E-state index contributed by atoms with van der Waals surface area (Å²) in [4.78, 5) is 0. The van der Waals surface area contributed by atoms with E-state index in [1.54, 1.807) is 0 Å². The first-order chi connectivity index (χ1) is 6.22. The standard InChI is InChI=1S/C11H18N2/c1-9(2)5-6-13-11-4-3-10(7-11)8-12/h5,10-11,13H,3-4,6-7H2,1-2H3. The van der Waals surface area contributed by atoms with Gasteiger partial charge in [0.05, 0.1) is 6.07 Å². The summed E-state index contributed by atoms with van der Waals surface area (Å²) < 4.78 is 0. The maximum atomic E-state index is 8.71. The fourth-order valence-electron chi connectivity index (χ4n) is 1.71. The molecular weight excluding hydrogens is 160 g/mol. The van der Waals surface area contributed by atoms with Crippen molar-refractivity contribution in [2.24, 2.45) is 5.92 Å². The van der Waals surface area contributed by atoms with Crippen LogP contribution in [-0.4, -0.2) is 12.6 Å². The van der Waals surface area contributed by atoms with Crippen LogP contribution in [0.3, 0.4) is 0 Å². The van der Waals surface area contributed by atoms with Crippen molar-refractivity contribution in [3.05, 3.63) is 11.6 Å². The zero-order valence-electron chi connectivity index (χ0n) is 8.51. The van der Waals surface area contributed by atoms with Gasteiger partial charge in [0.2, 0.25) is 0 Å². The van der Waals surface area contributed by atoms with Gasteiger partial charge in [-0.25, -0.2) is 0 Å². The highest BCUT2D eigenvalue weighted by molar-refractivity contribution is 4.97. The Morgan fingerprint density at radius 1 is 1.54 bits per heavy atom. The van der Waals surface area contributed by atoms with Crippen molar-refractivity contribution >= 4 is 0 Å². The third kappa shape index (κ3) is 3.61. The van der Waals surface area contributed by atoms with Crippen LogP contribution in [0.1, 0.15) is 33.1 Å². The van der Waals surface area contributed by atoms with Crippen LogP contribution in [0.15, 0.2) is 11.6 Å². The lowest BCUT2D eigenvalue weighted by molar-refractivity contribution is 0.544. The number of hydrogen-bond acceptors (Lipinski definition) is 2. The number of nitrogens with one attached hydrogen (secondary N) is 1. The highest BCUT2D eigenvalue weighted by atomic mass is 14.9. The van der Waals surface area contributed by atoms with E-state index in [-0.39, 0.29) is 0 Å². The molecule has 2 heteroatoms. The smallest absolute Gasteiger partial charge is 0.0656 e. The van der Waals surface area contributed by atoms with Crippen LogP contribution < -0.4 is 5.32 Å². The van der Waals surface area contributed by atoms with Crippen LogP contribution >= 0.6 is 0 Å². The molecule has 1 aliphatic rings. The highest BCUT2D eigenvalue weighted by Crippen LogP contribution is 2.24. The van der Waals surface area contributed by atoms with Gasteiger partial charge in [-0.2, -0.15) is 5.26 Å². The Kier molecular flexibility index (Phi) is 3.98. The molecule has 13 heavy (non-hydrogen) atoms. The predicted molar refractivity (Wildman–Crippen MR) is 54.2 cm³/mol. The quantitative estimate of drug-likeness (QED) is 0.673. The monoisotopic (exact) mass is 178 g/mol. The Bertz CT molecular complexity index is 221. The summed E-state index contributed by atoms with van der Waals surface area (Å²) in [6.45, 7) is 5.16. The van der Waals surface area contributed by atoms with E-state index in [2.05, 4.69) is 31.3 Å². The van der Waals surface area contributed by atoms with Crippen LogP contribution in [0, 0.1) is 17.2 Å². The van der Waals surface area contributed by atoms with E-state index in [0.717, 1.165) is 25.8 Å². The van der Waals surface area contributed by atoms with Crippen LogP contribution in [0.2, 0.25) is 0 Å². The molecule has 1 aliphatic carbocycles. The van der Waals surface area contributed by atoms with E-state index in [9.17, 15) is 0 Å². The molecule has 2 unspecified atom stereocenters. The fraction of sp³-hybridized carbons (Fsp3) is 0.727. The topological polar surface area (TPSA) is 35.8 Å². The lowest BCUT2D eigenvalue weighted by Gasteiger charge is -2.09. The molecule has 2 nitrogen and oxygen atoms in total.